The second-order valence-corrected chi connectivity index (χ2v) is 7.05. The quantitative estimate of drug-likeness (QED) is 0.779. The first kappa shape index (κ1) is 14.7. The normalized spacial score (nSPS) is 19.9. The smallest absolute Gasteiger partial charge is 0.177 e. The van der Waals surface area contributed by atoms with E-state index in [-0.39, 0.29) is 5.78 Å². The predicted molar refractivity (Wildman–Crippen MR) is 82.5 cm³/mol. The summed E-state index contributed by atoms with van der Waals surface area (Å²) < 4.78 is 0.898. The number of benzene rings is 1. The minimum Gasteiger partial charge on any atom is -0.296 e. The van der Waals surface area contributed by atoms with E-state index in [4.69, 9.17) is 0 Å². The van der Waals surface area contributed by atoms with Crippen LogP contribution in [0.2, 0.25) is 0 Å². The van der Waals surface area contributed by atoms with Gasteiger partial charge in [0.05, 0.1) is 6.54 Å². The van der Waals surface area contributed by atoms with Gasteiger partial charge in [0.2, 0.25) is 0 Å². The van der Waals surface area contributed by atoms with Gasteiger partial charge in [-0.05, 0) is 43.8 Å². The molecule has 1 fully saturated rings. The third-order valence-corrected chi connectivity index (χ3v) is 4.67. The second kappa shape index (κ2) is 6.19. The molecule has 1 saturated heterocycles. The van der Waals surface area contributed by atoms with Gasteiger partial charge >= 0.3 is 0 Å². The maximum absolute atomic E-state index is 12.3. The molecule has 0 saturated carbocycles. The molecule has 0 spiro atoms. The zero-order chi connectivity index (χ0) is 13.9. The minimum absolute atomic E-state index is 0.215. The molecule has 0 amide bonds. The van der Waals surface area contributed by atoms with E-state index in [0.717, 1.165) is 23.1 Å². The first-order valence-corrected chi connectivity index (χ1v) is 7.77. The predicted octanol–water partition coefficient (Wildman–Crippen LogP) is 4.14. The Balaban J connectivity index is 1.98. The Morgan fingerprint density at radius 3 is 2.74 bits per heavy atom. The standard InChI is InChI=1S/C16H22BrNO/c1-16(2)8-5-10-18(11-9-16)12-15(19)13-6-3-4-7-14(13)17/h3-4,6-7H,5,8-12H2,1-2H3. The van der Waals surface area contributed by atoms with E-state index in [2.05, 4.69) is 34.7 Å². The van der Waals surface area contributed by atoms with Gasteiger partial charge in [-0.25, -0.2) is 0 Å². The number of rotatable bonds is 3. The molecular weight excluding hydrogens is 302 g/mol. The maximum Gasteiger partial charge on any atom is 0.177 e. The highest BCUT2D eigenvalue weighted by Crippen LogP contribution is 2.29. The number of nitrogens with zero attached hydrogens (tertiary/aromatic N) is 1. The molecule has 104 valence electrons. The average Bonchev–Trinajstić information content (AvgIpc) is 2.51. The van der Waals surface area contributed by atoms with Gasteiger partial charge in [0.1, 0.15) is 0 Å². The van der Waals surface area contributed by atoms with E-state index in [9.17, 15) is 4.79 Å². The summed E-state index contributed by atoms with van der Waals surface area (Å²) in [4.78, 5) is 14.6. The van der Waals surface area contributed by atoms with Crippen molar-refractivity contribution in [2.24, 2.45) is 5.41 Å². The van der Waals surface area contributed by atoms with Gasteiger partial charge in [0.25, 0.3) is 0 Å². The molecule has 1 aromatic rings. The van der Waals surface area contributed by atoms with E-state index in [1.54, 1.807) is 0 Å². The number of likely N-dealkylation sites (tertiary alicyclic amines) is 1. The molecule has 0 unspecified atom stereocenters. The summed E-state index contributed by atoms with van der Waals surface area (Å²) in [5.41, 5.74) is 1.22. The fourth-order valence-corrected chi connectivity index (χ4v) is 3.12. The lowest BCUT2D eigenvalue weighted by atomic mass is 9.85. The van der Waals surface area contributed by atoms with Crippen molar-refractivity contribution >= 4 is 21.7 Å². The molecule has 1 aliphatic heterocycles. The van der Waals surface area contributed by atoms with Crippen LogP contribution in [-0.4, -0.2) is 30.3 Å². The van der Waals surface area contributed by atoms with Crippen molar-refractivity contribution in [2.45, 2.75) is 33.1 Å². The molecule has 0 aromatic heterocycles. The van der Waals surface area contributed by atoms with E-state index in [0.29, 0.717) is 12.0 Å². The summed E-state index contributed by atoms with van der Waals surface area (Å²) in [6.07, 6.45) is 3.62. The molecule has 1 heterocycles. The SMILES string of the molecule is CC1(C)CCCN(CC(=O)c2ccccc2Br)CC1. The van der Waals surface area contributed by atoms with Crippen LogP contribution >= 0.6 is 15.9 Å². The van der Waals surface area contributed by atoms with Crippen LogP contribution in [0.4, 0.5) is 0 Å². The first-order valence-electron chi connectivity index (χ1n) is 6.98. The summed E-state index contributed by atoms with van der Waals surface area (Å²) in [6, 6.07) is 7.69. The molecule has 0 bridgehead atoms. The van der Waals surface area contributed by atoms with Crippen molar-refractivity contribution in [3.05, 3.63) is 34.3 Å². The molecular formula is C16H22BrNO. The Bertz CT molecular complexity index is 456. The lowest BCUT2D eigenvalue weighted by molar-refractivity contribution is 0.0930. The fourth-order valence-electron chi connectivity index (χ4n) is 2.61. The molecule has 0 N–H and O–H groups in total. The highest BCUT2D eigenvalue weighted by molar-refractivity contribution is 9.10. The number of carbonyl (C=O) groups is 1. The molecule has 1 aliphatic rings. The van der Waals surface area contributed by atoms with Crippen LogP contribution in [0.3, 0.4) is 0 Å². The Morgan fingerprint density at radius 2 is 2.00 bits per heavy atom. The van der Waals surface area contributed by atoms with Crippen molar-refractivity contribution in [1.29, 1.82) is 0 Å². The number of Topliss-reactive ketones (excluding diaryl/α,β-unsaturated/α-hetero) is 1. The third kappa shape index (κ3) is 4.15. The number of hydrogen-bond donors (Lipinski definition) is 0. The molecule has 1 aromatic carbocycles. The van der Waals surface area contributed by atoms with Crippen molar-refractivity contribution in [3.63, 3.8) is 0 Å². The van der Waals surface area contributed by atoms with E-state index < -0.39 is 0 Å². The van der Waals surface area contributed by atoms with Crippen LogP contribution in [0.5, 0.6) is 0 Å². The van der Waals surface area contributed by atoms with Crippen LogP contribution in [0.15, 0.2) is 28.7 Å². The van der Waals surface area contributed by atoms with Crippen LogP contribution in [0.25, 0.3) is 0 Å². The van der Waals surface area contributed by atoms with Crippen LogP contribution in [0.1, 0.15) is 43.5 Å². The molecule has 0 radical (unpaired) electrons. The minimum atomic E-state index is 0.215. The zero-order valence-corrected chi connectivity index (χ0v) is 13.4. The number of hydrogen-bond acceptors (Lipinski definition) is 2. The highest BCUT2D eigenvalue weighted by atomic mass is 79.9. The van der Waals surface area contributed by atoms with Crippen molar-refractivity contribution in [3.8, 4) is 0 Å². The van der Waals surface area contributed by atoms with Crippen molar-refractivity contribution in [1.82, 2.24) is 4.90 Å². The monoisotopic (exact) mass is 323 g/mol. The summed E-state index contributed by atoms with van der Waals surface area (Å²) >= 11 is 3.46. The van der Waals surface area contributed by atoms with Gasteiger partial charge in [-0.2, -0.15) is 0 Å². The number of halogens is 1. The van der Waals surface area contributed by atoms with Crippen LogP contribution in [-0.2, 0) is 0 Å². The van der Waals surface area contributed by atoms with E-state index in [1.165, 1.54) is 19.3 Å². The van der Waals surface area contributed by atoms with Gasteiger partial charge in [-0.15, -0.1) is 0 Å². The van der Waals surface area contributed by atoms with Crippen molar-refractivity contribution < 1.29 is 4.79 Å². The summed E-state index contributed by atoms with van der Waals surface area (Å²) in [6.45, 7) is 7.26. The Morgan fingerprint density at radius 1 is 1.26 bits per heavy atom. The highest BCUT2D eigenvalue weighted by Gasteiger charge is 2.24. The fraction of sp³-hybridized carbons (Fsp3) is 0.562. The van der Waals surface area contributed by atoms with E-state index >= 15 is 0 Å². The zero-order valence-electron chi connectivity index (χ0n) is 11.8. The Kier molecular flexibility index (Phi) is 4.80. The molecule has 2 nitrogen and oxygen atoms in total. The first-order chi connectivity index (χ1) is 8.98. The molecule has 3 heteroatoms. The maximum atomic E-state index is 12.3. The summed E-state index contributed by atoms with van der Waals surface area (Å²) in [5, 5.41) is 0. The molecule has 2 rings (SSSR count). The molecule has 0 aliphatic carbocycles. The van der Waals surface area contributed by atoms with Gasteiger partial charge in [-0.3, -0.25) is 9.69 Å². The summed E-state index contributed by atoms with van der Waals surface area (Å²) in [7, 11) is 0. The number of ketones is 1. The average molecular weight is 324 g/mol. The molecule has 19 heavy (non-hydrogen) atoms. The van der Waals surface area contributed by atoms with Gasteiger partial charge < -0.3 is 0 Å². The third-order valence-electron chi connectivity index (χ3n) is 3.97. The van der Waals surface area contributed by atoms with Crippen LogP contribution < -0.4 is 0 Å². The lowest BCUT2D eigenvalue weighted by Crippen LogP contribution is -2.31. The molecule has 0 atom stereocenters. The summed E-state index contributed by atoms with van der Waals surface area (Å²) in [5.74, 6) is 0.215. The van der Waals surface area contributed by atoms with Crippen molar-refractivity contribution in [2.75, 3.05) is 19.6 Å². The second-order valence-electron chi connectivity index (χ2n) is 6.20. The van der Waals surface area contributed by atoms with Gasteiger partial charge in [0.15, 0.2) is 5.78 Å². The Hall–Kier alpha value is -0.670. The largest absolute Gasteiger partial charge is 0.296 e. The lowest BCUT2D eigenvalue weighted by Gasteiger charge is -2.23. The Labute approximate surface area is 124 Å². The number of carbonyl (C=O) groups excluding carboxylic acids is 1. The van der Waals surface area contributed by atoms with E-state index in [1.807, 2.05) is 24.3 Å². The van der Waals surface area contributed by atoms with Gasteiger partial charge in [0, 0.05) is 10.0 Å². The van der Waals surface area contributed by atoms with Crippen LogP contribution in [0, 0.1) is 5.41 Å². The topological polar surface area (TPSA) is 20.3 Å². The van der Waals surface area contributed by atoms with Gasteiger partial charge in [-0.1, -0.05) is 48.0 Å².